The molecule has 0 unspecified atom stereocenters. The van der Waals surface area contributed by atoms with Gasteiger partial charge in [0.25, 0.3) is 0 Å². The molecule has 0 bridgehead atoms. The Bertz CT molecular complexity index is 578. The molecule has 1 aromatic rings. The van der Waals surface area contributed by atoms with Crippen LogP contribution in [0, 0.1) is 0 Å². The maximum Gasteiger partial charge on any atom is 0.243 e. The number of pyridine rings is 1. The fraction of sp³-hybridized carbons (Fsp3) is 0.385. The molecule has 112 valence electrons. The number of nitrogens with one attached hydrogen (secondary N) is 2. The van der Waals surface area contributed by atoms with E-state index in [9.17, 15) is 14.4 Å². The molecule has 1 aromatic heterocycles. The summed E-state index contributed by atoms with van der Waals surface area (Å²) in [6.07, 6.45) is 2.58. The predicted octanol–water partition coefficient (Wildman–Crippen LogP) is -0.365. The third kappa shape index (κ3) is 4.01. The zero-order chi connectivity index (χ0) is 15.4. The van der Waals surface area contributed by atoms with Gasteiger partial charge >= 0.3 is 0 Å². The monoisotopic (exact) mass is 354 g/mol. The van der Waals surface area contributed by atoms with Crippen LogP contribution in [0.2, 0.25) is 0 Å². The summed E-state index contributed by atoms with van der Waals surface area (Å²) >= 11 is 3.28. The Morgan fingerprint density at radius 1 is 1.57 bits per heavy atom. The van der Waals surface area contributed by atoms with Crippen LogP contribution >= 0.6 is 15.9 Å². The van der Waals surface area contributed by atoms with Crippen molar-refractivity contribution in [3.8, 4) is 0 Å². The van der Waals surface area contributed by atoms with E-state index in [2.05, 4.69) is 31.5 Å². The summed E-state index contributed by atoms with van der Waals surface area (Å²) < 4.78 is 0.597. The van der Waals surface area contributed by atoms with E-state index in [1.165, 1.54) is 0 Å². The van der Waals surface area contributed by atoms with E-state index in [1.807, 2.05) is 0 Å². The quantitative estimate of drug-likeness (QED) is 0.626. The van der Waals surface area contributed by atoms with Gasteiger partial charge in [0.15, 0.2) is 0 Å². The van der Waals surface area contributed by atoms with Crippen LogP contribution in [-0.4, -0.2) is 34.8 Å². The fourth-order valence-corrected chi connectivity index (χ4v) is 2.51. The lowest BCUT2D eigenvalue weighted by Crippen LogP contribution is -2.51. The zero-order valence-corrected chi connectivity index (χ0v) is 12.7. The maximum atomic E-state index is 12.0. The molecule has 2 heterocycles. The second-order valence-corrected chi connectivity index (χ2v) is 5.53. The van der Waals surface area contributed by atoms with Crippen LogP contribution in [0.5, 0.6) is 0 Å². The average molecular weight is 355 g/mol. The van der Waals surface area contributed by atoms with E-state index in [0.29, 0.717) is 17.4 Å². The Hall–Kier alpha value is -1.96. The highest BCUT2D eigenvalue weighted by Crippen LogP contribution is 2.15. The van der Waals surface area contributed by atoms with Gasteiger partial charge in [0, 0.05) is 19.0 Å². The molecule has 0 saturated carbocycles. The third-order valence-corrected chi connectivity index (χ3v) is 3.95. The van der Waals surface area contributed by atoms with Crippen molar-refractivity contribution in [2.24, 2.45) is 5.73 Å². The number of hydrogen-bond acceptors (Lipinski definition) is 4. The van der Waals surface area contributed by atoms with Gasteiger partial charge in [0.1, 0.15) is 16.7 Å². The van der Waals surface area contributed by atoms with Crippen molar-refractivity contribution in [2.75, 3.05) is 0 Å². The Morgan fingerprint density at radius 3 is 2.90 bits per heavy atom. The van der Waals surface area contributed by atoms with Crippen LogP contribution < -0.4 is 16.4 Å². The lowest BCUT2D eigenvalue weighted by atomic mass is 10.1. The highest BCUT2D eigenvalue weighted by Gasteiger charge is 2.30. The van der Waals surface area contributed by atoms with Crippen molar-refractivity contribution in [3.63, 3.8) is 0 Å². The number of nitrogens with two attached hydrogens (primary N) is 1. The van der Waals surface area contributed by atoms with Crippen LogP contribution in [0.3, 0.4) is 0 Å². The lowest BCUT2D eigenvalue weighted by Gasteiger charge is -2.18. The first kappa shape index (κ1) is 15.4. The van der Waals surface area contributed by atoms with Crippen molar-refractivity contribution in [1.82, 2.24) is 15.6 Å². The van der Waals surface area contributed by atoms with E-state index in [1.54, 1.807) is 18.3 Å². The van der Waals surface area contributed by atoms with Crippen LogP contribution in [0.25, 0.3) is 0 Å². The number of carbonyl (C=O) groups excluding carboxylic acids is 3. The van der Waals surface area contributed by atoms with Gasteiger partial charge in [0.05, 0.1) is 0 Å². The topological polar surface area (TPSA) is 114 Å². The Labute approximate surface area is 129 Å². The molecule has 4 N–H and O–H groups in total. The van der Waals surface area contributed by atoms with Gasteiger partial charge < -0.3 is 16.4 Å². The lowest BCUT2D eigenvalue weighted by molar-refractivity contribution is -0.129. The van der Waals surface area contributed by atoms with Gasteiger partial charge in [-0.25, -0.2) is 4.98 Å². The summed E-state index contributed by atoms with van der Waals surface area (Å²) in [7, 11) is 0. The van der Waals surface area contributed by atoms with Crippen LogP contribution in [0.1, 0.15) is 18.4 Å². The van der Waals surface area contributed by atoms with Crippen LogP contribution in [-0.2, 0) is 20.8 Å². The number of amides is 3. The number of aromatic nitrogens is 1. The van der Waals surface area contributed by atoms with Crippen LogP contribution in [0.4, 0.5) is 0 Å². The first-order chi connectivity index (χ1) is 9.97. The summed E-state index contributed by atoms with van der Waals surface area (Å²) in [5, 5.41) is 5.13. The zero-order valence-electron chi connectivity index (χ0n) is 11.1. The molecule has 21 heavy (non-hydrogen) atoms. The van der Waals surface area contributed by atoms with Gasteiger partial charge in [-0.3, -0.25) is 14.4 Å². The smallest absolute Gasteiger partial charge is 0.243 e. The first-order valence-corrected chi connectivity index (χ1v) is 7.25. The molecule has 1 saturated heterocycles. The normalized spacial score (nSPS) is 18.9. The van der Waals surface area contributed by atoms with Gasteiger partial charge in [0.2, 0.25) is 17.7 Å². The van der Waals surface area contributed by atoms with E-state index >= 15 is 0 Å². The minimum Gasteiger partial charge on any atom is -0.368 e. The molecular weight excluding hydrogens is 340 g/mol. The number of hydrogen-bond donors (Lipinski definition) is 3. The Balaban J connectivity index is 2.03. The number of nitrogens with zero attached hydrogens (tertiary/aromatic N) is 1. The molecule has 0 spiro atoms. The first-order valence-electron chi connectivity index (χ1n) is 6.46. The third-order valence-electron chi connectivity index (χ3n) is 3.23. The standard InChI is InChI=1S/C13H15BrN4O3/c14-11-7(2-1-5-16-11)6-9(12(15)20)18-13(21)8-3-4-10(19)17-8/h1-2,5,8-9H,3-4,6H2,(H2,15,20)(H,17,19)(H,18,21)/t8-,9-/m1/s1. The van der Waals surface area contributed by atoms with Gasteiger partial charge in [-0.15, -0.1) is 0 Å². The maximum absolute atomic E-state index is 12.0. The summed E-state index contributed by atoms with van der Waals surface area (Å²) in [6, 6.07) is 2.07. The number of primary amides is 1. The number of rotatable bonds is 5. The molecule has 0 aromatic carbocycles. The second kappa shape index (κ2) is 6.66. The summed E-state index contributed by atoms with van der Waals surface area (Å²) in [5.74, 6) is -1.20. The van der Waals surface area contributed by atoms with Gasteiger partial charge in [-0.05, 0) is 34.0 Å². The van der Waals surface area contributed by atoms with Crippen molar-refractivity contribution < 1.29 is 14.4 Å². The molecule has 3 amide bonds. The average Bonchev–Trinajstić information content (AvgIpc) is 2.87. The SMILES string of the molecule is NC(=O)[C@@H](Cc1cccnc1Br)NC(=O)[C@H]1CCC(=O)N1. The second-order valence-electron chi connectivity index (χ2n) is 4.78. The molecule has 0 radical (unpaired) electrons. The molecule has 1 aliphatic heterocycles. The summed E-state index contributed by atoms with van der Waals surface area (Å²) in [4.78, 5) is 38.7. The molecule has 1 aliphatic rings. The largest absolute Gasteiger partial charge is 0.368 e. The summed E-state index contributed by atoms with van der Waals surface area (Å²) in [6.45, 7) is 0. The summed E-state index contributed by atoms with van der Waals surface area (Å²) in [5.41, 5.74) is 6.09. The van der Waals surface area contributed by atoms with Gasteiger partial charge in [-0.2, -0.15) is 0 Å². The molecule has 0 aliphatic carbocycles. The Kier molecular flexibility index (Phi) is 4.89. The van der Waals surface area contributed by atoms with Crippen molar-refractivity contribution in [2.45, 2.75) is 31.3 Å². The van der Waals surface area contributed by atoms with Crippen molar-refractivity contribution >= 4 is 33.7 Å². The highest BCUT2D eigenvalue weighted by atomic mass is 79.9. The molecule has 2 atom stereocenters. The van der Waals surface area contributed by atoms with E-state index < -0.39 is 23.9 Å². The van der Waals surface area contributed by atoms with Crippen molar-refractivity contribution in [1.29, 1.82) is 0 Å². The molecule has 1 fully saturated rings. The Morgan fingerprint density at radius 2 is 2.33 bits per heavy atom. The minimum absolute atomic E-state index is 0.166. The molecule has 8 heteroatoms. The molecule has 2 rings (SSSR count). The van der Waals surface area contributed by atoms with Gasteiger partial charge in [-0.1, -0.05) is 6.07 Å². The number of halogens is 1. The highest BCUT2D eigenvalue weighted by molar-refractivity contribution is 9.10. The number of carbonyl (C=O) groups is 3. The fourth-order valence-electron chi connectivity index (χ4n) is 2.10. The predicted molar refractivity (Wildman–Crippen MR) is 77.9 cm³/mol. The van der Waals surface area contributed by atoms with Crippen molar-refractivity contribution in [3.05, 3.63) is 28.5 Å². The molecule has 7 nitrogen and oxygen atoms in total. The van der Waals surface area contributed by atoms with E-state index in [4.69, 9.17) is 5.73 Å². The van der Waals surface area contributed by atoms with Crippen LogP contribution in [0.15, 0.2) is 22.9 Å². The molecular formula is C13H15BrN4O3. The van der Waals surface area contributed by atoms with E-state index in [-0.39, 0.29) is 12.3 Å². The minimum atomic E-state index is -0.851. The van der Waals surface area contributed by atoms with E-state index in [0.717, 1.165) is 5.56 Å².